The number of benzene rings is 1. The second-order valence-corrected chi connectivity index (χ2v) is 7.02. The summed E-state index contributed by atoms with van der Waals surface area (Å²) in [4.78, 5) is 14.5. The van der Waals surface area contributed by atoms with E-state index in [-0.39, 0.29) is 28.6 Å². The summed E-state index contributed by atoms with van der Waals surface area (Å²) in [7, 11) is 1.52. The fourth-order valence-electron chi connectivity index (χ4n) is 3.49. The van der Waals surface area contributed by atoms with E-state index in [0.717, 1.165) is 0 Å². The molecule has 128 valence electrons. The minimum atomic E-state index is -2.68. The fraction of sp³-hybridized carbons (Fsp3) is 0.444. The Labute approximate surface area is 140 Å². The SMILES string of the molecule is Cn1nc(C(F)F)cc1C(=O)N1CC(c2ccccc2)C(C)(C)C1. The van der Waals surface area contributed by atoms with E-state index in [4.69, 9.17) is 0 Å². The number of aromatic nitrogens is 2. The molecule has 1 aromatic carbocycles. The van der Waals surface area contributed by atoms with Crippen LogP contribution in [-0.4, -0.2) is 33.7 Å². The van der Waals surface area contributed by atoms with Crippen molar-refractivity contribution in [1.29, 1.82) is 0 Å². The summed E-state index contributed by atoms with van der Waals surface area (Å²) in [5.74, 6) is -0.0335. The molecule has 1 fully saturated rings. The van der Waals surface area contributed by atoms with E-state index in [2.05, 4.69) is 31.1 Å². The summed E-state index contributed by atoms with van der Waals surface area (Å²) in [5, 5.41) is 3.74. The lowest BCUT2D eigenvalue weighted by Crippen LogP contribution is -2.31. The van der Waals surface area contributed by atoms with Crippen LogP contribution in [0, 0.1) is 5.41 Å². The monoisotopic (exact) mass is 333 g/mol. The Bertz CT molecular complexity index is 740. The summed E-state index contributed by atoms with van der Waals surface area (Å²) in [5.41, 5.74) is 0.950. The van der Waals surface area contributed by atoms with Gasteiger partial charge in [0.1, 0.15) is 11.4 Å². The Morgan fingerprint density at radius 2 is 1.96 bits per heavy atom. The third-order valence-corrected chi connectivity index (χ3v) is 4.78. The topological polar surface area (TPSA) is 38.1 Å². The van der Waals surface area contributed by atoms with Crippen LogP contribution in [0.1, 0.15) is 47.9 Å². The van der Waals surface area contributed by atoms with Gasteiger partial charge in [-0.3, -0.25) is 9.48 Å². The standard InChI is InChI=1S/C18H21F2N3O/c1-18(2)11-23(10-13(18)12-7-5-4-6-8-12)17(24)15-9-14(16(19)20)21-22(15)3/h4-9,13,16H,10-11H2,1-3H3. The van der Waals surface area contributed by atoms with Crippen LogP contribution in [0.4, 0.5) is 8.78 Å². The zero-order chi connectivity index (χ0) is 17.5. The van der Waals surface area contributed by atoms with Crippen molar-refractivity contribution in [3.8, 4) is 0 Å². The summed E-state index contributed by atoms with van der Waals surface area (Å²) in [6.07, 6.45) is -2.68. The molecule has 6 heteroatoms. The molecule has 2 aromatic rings. The normalized spacial score (nSPS) is 19.9. The number of halogens is 2. The molecule has 0 spiro atoms. The van der Waals surface area contributed by atoms with E-state index in [9.17, 15) is 13.6 Å². The van der Waals surface area contributed by atoms with Crippen molar-refractivity contribution in [2.75, 3.05) is 13.1 Å². The van der Waals surface area contributed by atoms with Crippen molar-refractivity contribution in [3.05, 3.63) is 53.3 Å². The van der Waals surface area contributed by atoms with Gasteiger partial charge < -0.3 is 4.90 Å². The number of hydrogen-bond donors (Lipinski definition) is 0. The largest absolute Gasteiger partial charge is 0.336 e. The molecule has 1 atom stereocenters. The molecule has 1 aromatic heterocycles. The number of likely N-dealkylation sites (tertiary alicyclic amines) is 1. The Morgan fingerprint density at radius 1 is 1.29 bits per heavy atom. The minimum Gasteiger partial charge on any atom is -0.336 e. The molecule has 4 nitrogen and oxygen atoms in total. The number of carbonyl (C=O) groups is 1. The maximum Gasteiger partial charge on any atom is 0.282 e. The molecule has 1 saturated heterocycles. The molecular weight excluding hydrogens is 312 g/mol. The second-order valence-electron chi connectivity index (χ2n) is 7.02. The molecule has 0 radical (unpaired) electrons. The predicted octanol–water partition coefficient (Wildman–Crippen LogP) is 3.62. The summed E-state index contributed by atoms with van der Waals surface area (Å²) >= 11 is 0. The Hall–Kier alpha value is -2.24. The smallest absolute Gasteiger partial charge is 0.282 e. The van der Waals surface area contributed by atoms with Crippen LogP contribution in [0.5, 0.6) is 0 Å². The number of amides is 1. The average molecular weight is 333 g/mol. The van der Waals surface area contributed by atoms with E-state index < -0.39 is 6.43 Å². The number of alkyl halides is 2. The van der Waals surface area contributed by atoms with Gasteiger partial charge >= 0.3 is 0 Å². The quantitative estimate of drug-likeness (QED) is 0.860. The number of hydrogen-bond acceptors (Lipinski definition) is 2. The van der Waals surface area contributed by atoms with Crippen LogP contribution < -0.4 is 0 Å². The van der Waals surface area contributed by atoms with Crippen LogP contribution in [-0.2, 0) is 7.05 Å². The van der Waals surface area contributed by atoms with Crippen LogP contribution >= 0.6 is 0 Å². The van der Waals surface area contributed by atoms with Crippen molar-refractivity contribution in [2.24, 2.45) is 12.5 Å². The van der Waals surface area contributed by atoms with Gasteiger partial charge in [0.2, 0.25) is 0 Å². The van der Waals surface area contributed by atoms with Crippen LogP contribution in [0.25, 0.3) is 0 Å². The van der Waals surface area contributed by atoms with E-state index >= 15 is 0 Å². The van der Waals surface area contributed by atoms with E-state index in [1.165, 1.54) is 23.4 Å². The molecule has 2 heterocycles. The van der Waals surface area contributed by atoms with Crippen LogP contribution in [0.2, 0.25) is 0 Å². The summed E-state index contributed by atoms with van der Waals surface area (Å²) in [6.45, 7) is 5.42. The van der Waals surface area contributed by atoms with Gasteiger partial charge in [0.15, 0.2) is 0 Å². The van der Waals surface area contributed by atoms with Crippen molar-refractivity contribution in [1.82, 2.24) is 14.7 Å². The molecule has 0 saturated carbocycles. The molecular formula is C18H21F2N3O. The Morgan fingerprint density at radius 3 is 2.54 bits per heavy atom. The maximum atomic E-state index is 12.8. The lowest BCUT2D eigenvalue weighted by molar-refractivity contribution is 0.0767. The molecule has 0 N–H and O–H groups in total. The first-order valence-electron chi connectivity index (χ1n) is 7.96. The van der Waals surface area contributed by atoms with Gasteiger partial charge in [-0.2, -0.15) is 5.10 Å². The first kappa shape index (κ1) is 16.6. The number of carbonyl (C=O) groups excluding carboxylic acids is 1. The predicted molar refractivity (Wildman–Crippen MR) is 87.0 cm³/mol. The van der Waals surface area contributed by atoms with Crippen LogP contribution in [0.3, 0.4) is 0 Å². The fourth-order valence-corrected chi connectivity index (χ4v) is 3.49. The number of rotatable bonds is 3. The molecule has 24 heavy (non-hydrogen) atoms. The Kier molecular flexibility index (Phi) is 4.15. The number of aryl methyl sites for hydroxylation is 1. The van der Waals surface area contributed by atoms with E-state index in [0.29, 0.717) is 13.1 Å². The zero-order valence-electron chi connectivity index (χ0n) is 14.0. The third-order valence-electron chi connectivity index (χ3n) is 4.78. The minimum absolute atomic E-state index is 0.0822. The van der Waals surface area contributed by atoms with Crippen molar-refractivity contribution in [3.63, 3.8) is 0 Å². The van der Waals surface area contributed by atoms with Gasteiger partial charge in [0, 0.05) is 26.1 Å². The van der Waals surface area contributed by atoms with Gasteiger partial charge in [-0.25, -0.2) is 8.78 Å². The first-order valence-corrected chi connectivity index (χ1v) is 7.96. The first-order chi connectivity index (χ1) is 11.3. The van der Waals surface area contributed by atoms with Gasteiger partial charge in [0.05, 0.1) is 0 Å². The summed E-state index contributed by atoms with van der Waals surface area (Å²) in [6, 6.07) is 11.3. The molecule has 3 rings (SSSR count). The van der Waals surface area contributed by atoms with Crippen molar-refractivity contribution >= 4 is 5.91 Å². The lowest BCUT2D eigenvalue weighted by atomic mass is 9.78. The Balaban J connectivity index is 1.85. The van der Waals surface area contributed by atoms with Crippen molar-refractivity contribution < 1.29 is 13.6 Å². The summed E-state index contributed by atoms with van der Waals surface area (Å²) < 4.78 is 26.9. The molecule has 0 aliphatic carbocycles. The molecule has 1 amide bonds. The van der Waals surface area contributed by atoms with Gasteiger partial charge in [0.25, 0.3) is 12.3 Å². The molecule has 1 unspecified atom stereocenters. The third kappa shape index (κ3) is 2.92. The van der Waals surface area contributed by atoms with E-state index in [1.54, 1.807) is 4.90 Å². The zero-order valence-corrected chi connectivity index (χ0v) is 14.0. The molecule has 1 aliphatic rings. The highest BCUT2D eigenvalue weighted by molar-refractivity contribution is 5.93. The maximum absolute atomic E-state index is 12.8. The molecule has 1 aliphatic heterocycles. The van der Waals surface area contributed by atoms with Gasteiger partial charge in [-0.05, 0) is 17.0 Å². The highest BCUT2D eigenvalue weighted by atomic mass is 19.3. The highest BCUT2D eigenvalue weighted by Gasteiger charge is 2.42. The molecule has 0 bridgehead atoms. The number of nitrogens with zero attached hydrogens (tertiary/aromatic N) is 3. The van der Waals surface area contributed by atoms with Crippen molar-refractivity contribution in [2.45, 2.75) is 26.2 Å². The second kappa shape index (κ2) is 6.00. The lowest BCUT2D eigenvalue weighted by Gasteiger charge is -2.25. The van der Waals surface area contributed by atoms with Gasteiger partial charge in [-0.1, -0.05) is 44.2 Å². The average Bonchev–Trinajstić information content (AvgIpc) is 3.07. The van der Waals surface area contributed by atoms with Crippen LogP contribution in [0.15, 0.2) is 36.4 Å². The highest BCUT2D eigenvalue weighted by Crippen LogP contribution is 2.42. The van der Waals surface area contributed by atoms with Gasteiger partial charge in [-0.15, -0.1) is 0 Å². The van der Waals surface area contributed by atoms with E-state index in [1.807, 2.05) is 18.2 Å².